The zero-order chi connectivity index (χ0) is 27.0. The van der Waals surface area contributed by atoms with Gasteiger partial charge in [0.2, 0.25) is 11.6 Å². The van der Waals surface area contributed by atoms with Gasteiger partial charge in [-0.3, -0.25) is 19.2 Å². The standard InChI is InChI=1S/C30H33ClO6/c1-13-22(32)21(31)17-7-15-10-28(4,12-20(15)29(13,17)5)26(36)37-24-18-8-16-9-27(3,25(34)35)11-19(16)30(18,6)14(2)23(24)33/h15-16,19-20H,1-2,7-12H2,3-6H3,(H,34,35)/t15-,16+,19-,20+,27-,28+,29+,30-/m0/s1. The molecule has 6 nitrogen and oxygen atoms in total. The van der Waals surface area contributed by atoms with Gasteiger partial charge in [-0.25, -0.2) is 0 Å². The molecule has 6 aliphatic carbocycles. The number of esters is 1. The number of carboxylic acids is 1. The van der Waals surface area contributed by atoms with Crippen molar-refractivity contribution >= 4 is 35.1 Å². The number of allylic oxidation sites excluding steroid dienone is 5. The minimum absolute atomic E-state index is 0.0153. The number of ether oxygens (including phenoxy) is 1. The molecular weight excluding hydrogens is 492 g/mol. The molecule has 0 bridgehead atoms. The van der Waals surface area contributed by atoms with E-state index in [4.69, 9.17) is 16.3 Å². The molecule has 6 rings (SSSR count). The smallest absolute Gasteiger partial charge is 0.317 e. The fourth-order valence-corrected chi connectivity index (χ4v) is 9.61. The van der Waals surface area contributed by atoms with E-state index in [0.717, 1.165) is 11.1 Å². The lowest BCUT2D eigenvalue weighted by Crippen LogP contribution is -2.31. The maximum Gasteiger partial charge on any atom is 0.317 e. The summed E-state index contributed by atoms with van der Waals surface area (Å²) in [7, 11) is 0. The van der Waals surface area contributed by atoms with Crippen LogP contribution in [-0.4, -0.2) is 28.6 Å². The van der Waals surface area contributed by atoms with Crippen LogP contribution in [0.5, 0.6) is 0 Å². The number of carbonyl (C=O) groups excluding carboxylic acids is 3. The summed E-state index contributed by atoms with van der Waals surface area (Å²) in [6.07, 6.45) is 3.35. The summed E-state index contributed by atoms with van der Waals surface area (Å²) >= 11 is 6.37. The fraction of sp³-hybridized carbons (Fsp3) is 0.600. The van der Waals surface area contributed by atoms with Gasteiger partial charge in [0.25, 0.3) is 0 Å². The molecule has 7 heteroatoms. The molecule has 4 saturated carbocycles. The highest BCUT2D eigenvalue weighted by atomic mass is 35.5. The van der Waals surface area contributed by atoms with E-state index < -0.39 is 33.6 Å². The Bertz CT molecular complexity index is 1330. The van der Waals surface area contributed by atoms with Crippen LogP contribution in [0.2, 0.25) is 0 Å². The molecule has 0 amide bonds. The first kappa shape index (κ1) is 24.8. The van der Waals surface area contributed by atoms with E-state index >= 15 is 0 Å². The Morgan fingerprint density at radius 3 is 1.92 bits per heavy atom. The molecule has 0 unspecified atom stereocenters. The Morgan fingerprint density at radius 1 is 0.838 bits per heavy atom. The van der Waals surface area contributed by atoms with Crippen LogP contribution >= 0.6 is 11.6 Å². The molecule has 0 heterocycles. The summed E-state index contributed by atoms with van der Waals surface area (Å²) in [6, 6.07) is 0. The number of rotatable bonds is 3. The molecule has 196 valence electrons. The van der Waals surface area contributed by atoms with Crippen LogP contribution < -0.4 is 0 Å². The normalized spacial score (nSPS) is 46.1. The molecule has 4 fully saturated rings. The van der Waals surface area contributed by atoms with Crippen LogP contribution in [0, 0.1) is 45.3 Å². The fourth-order valence-electron chi connectivity index (χ4n) is 9.23. The van der Waals surface area contributed by atoms with Crippen molar-refractivity contribution in [3.63, 3.8) is 0 Å². The highest BCUT2D eigenvalue weighted by molar-refractivity contribution is 6.47. The molecule has 6 aliphatic rings. The van der Waals surface area contributed by atoms with Gasteiger partial charge in [0.1, 0.15) is 0 Å². The summed E-state index contributed by atoms with van der Waals surface area (Å²) in [5, 5.41) is 10.1. The number of fused-ring (bicyclic) bond motifs is 6. The van der Waals surface area contributed by atoms with Crippen molar-refractivity contribution < 1.29 is 29.0 Å². The average molecular weight is 525 g/mol. The molecule has 37 heavy (non-hydrogen) atoms. The van der Waals surface area contributed by atoms with Crippen LogP contribution in [0.25, 0.3) is 0 Å². The number of ketones is 2. The van der Waals surface area contributed by atoms with Crippen molar-refractivity contribution in [3.05, 3.63) is 46.2 Å². The Kier molecular flexibility index (Phi) is 4.79. The lowest BCUT2D eigenvalue weighted by atomic mass is 9.71. The van der Waals surface area contributed by atoms with Crippen LogP contribution in [0.3, 0.4) is 0 Å². The minimum atomic E-state index is -0.820. The third kappa shape index (κ3) is 2.78. The Labute approximate surface area is 221 Å². The van der Waals surface area contributed by atoms with Crippen LogP contribution in [0.4, 0.5) is 0 Å². The first-order valence-electron chi connectivity index (χ1n) is 13.2. The Hall–Kier alpha value is -2.47. The molecule has 0 aromatic carbocycles. The van der Waals surface area contributed by atoms with Gasteiger partial charge >= 0.3 is 11.9 Å². The van der Waals surface area contributed by atoms with Crippen LogP contribution in [0.15, 0.2) is 46.2 Å². The highest BCUT2D eigenvalue weighted by Gasteiger charge is 2.66. The van der Waals surface area contributed by atoms with Crippen molar-refractivity contribution in [2.24, 2.45) is 45.3 Å². The van der Waals surface area contributed by atoms with E-state index in [1.165, 1.54) is 0 Å². The lowest BCUT2D eigenvalue weighted by Gasteiger charge is -2.32. The van der Waals surface area contributed by atoms with Gasteiger partial charge in [-0.1, -0.05) is 38.6 Å². The van der Waals surface area contributed by atoms with Gasteiger partial charge in [-0.15, -0.1) is 0 Å². The second-order valence-corrected chi connectivity index (χ2v) is 13.8. The first-order valence-corrected chi connectivity index (χ1v) is 13.5. The van der Waals surface area contributed by atoms with Gasteiger partial charge in [-0.2, -0.15) is 0 Å². The topological polar surface area (TPSA) is 97.7 Å². The van der Waals surface area contributed by atoms with Crippen molar-refractivity contribution in [1.82, 2.24) is 0 Å². The van der Waals surface area contributed by atoms with E-state index in [0.29, 0.717) is 54.7 Å². The zero-order valence-corrected chi connectivity index (χ0v) is 22.6. The zero-order valence-electron chi connectivity index (χ0n) is 21.8. The summed E-state index contributed by atoms with van der Waals surface area (Å²) in [5.74, 6) is -1.31. The third-order valence-electron chi connectivity index (χ3n) is 11.5. The maximum absolute atomic E-state index is 13.7. The maximum atomic E-state index is 13.7. The van der Waals surface area contributed by atoms with E-state index in [2.05, 4.69) is 13.2 Å². The molecule has 0 aromatic rings. The predicted octanol–water partition coefficient (Wildman–Crippen LogP) is 5.52. The largest absolute Gasteiger partial charge is 0.481 e. The van der Waals surface area contributed by atoms with Gasteiger partial charge < -0.3 is 9.84 Å². The van der Waals surface area contributed by atoms with Crippen molar-refractivity contribution in [3.8, 4) is 0 Å². The highest BCUT2D eigenvalue weighted by Crippen LogP contribution is 2.70. The van der Waals surface area contributed by atoms with Gasteiger partial charge in [0.05, 0.1) is 15.9 Å². The molecule has 0 spiro atoms. The van der Waals surface area contributed by atoms with E-state index in [1.54, 1.807) is 6.92 Å². The number of halogens is 1. The SMILES string of the molecule is C=C1C(=O)C(Cl)=C2C[C@H]3C[C@@](C)(C(=O)OC4=C5C[C@@H]6C[C@](C)(C(=O)O)C[C@@H]6[C@@]5(C)C(=C)C4=O)C[C@H]3[C@]12C. The number of carbonyl (C=O) groups is 4. The number of hydrogen-bond acceptors (Lipinski definition) is 5. The second-order valence-electron chi connectivity index (χ2n) is 13.4. The predicted molar refractivity (Wildman–Crippen MR) is 136 cm³/mol. The van der Waals surface area contributed by atoms with E-state index in [9.17, 15) is 24.3 Å². The van der Waals surface area contributed by atoms with Crippen molar-refractivity contribution in [2.75, 3.05) is 0 Å². The molecule has 1 N–H and O–H groups in total. The number of aliphatic carboxylic acids is 1. The molecule has 0 aromatic heterocycles. The van der Waals surface area contributed by atoms with E-state index in [-0.39, 0.29) is 41.0 Å². The summed E-state index contributed by atoms with van der Waals surface area (Å²) in [4.78, 5) is 51.5. The molecule has 0 aliphatic heterocycles. The minimum Gasteiger partial charge on any atom is -0.481 e. The third-order valence-corrected chi connectivity index (χ3v) is 11.9. The van der Waals surface area contributed by atoms with Crippen LogP contribution in [-0.2, 0) is 23.9 Å². The molecule has 8 atom stereocenters. The van der Waals surface area contributed by atoms with Crippen molar-refractivity contribution in [1.29, 1.82) is 0 Å². The van der Waals surface area contributed by atoms with Crippen molar-refractivity contribution in [2.45, 2.75) is 66.2 Å². The van der Waals surface area contributed by atoms with Gasteiger partial charge in [0, 0.05) is 22.0 Å². The van der Waals surface area contributed by atoms with Gasteiger partial charge in [0.15, 0.2) is 5.76 Å². The van der Waals surface area contributed by atoms with Crippen LogP contribution in [0.1, 0.15) is 66.2 Å². The molecule has 0 radical (unpaired) electrons. The Morgan fingerprint density at radius 2 is 1.32 bits per heavy atom. The number of carboxylic acid groups (broad SMARTS) is 1. The molecular formula is C30H33ClO6. The summed E-state index contributed by atoms with van der Waals surface area (Å²) < 4.78 is 5.99. The monoisotopic (exact) mass is 524 g/mol. The van der Waals surface area contributed by atoms with Gasteiger partial charge in [-0.05, 0) is 87.2 Å². The quantitative estimate of drug-likeness (QED) is 0.385. The number of Topliss-reactive ketones (excluding diaryl/α,β-unsaturated/α-hetero) is 2. The summed E-state index contributed by atoms with van der Waals surface area (Å²) in [5.41, 5.74) is -0.169. The summed E-state index contributed by atoms with van der Waals surface area (Å²) in [6.45, 7) is 15.8. The second kappa shape index (κ2) is 7.13. The lowest BCUT2D eigenvalue weighted by molar-refractivity contribution is -0.152. The number of hydrogen-bond donors (Lipinski definition) is 1. The van der Waals surface area contributed by atoms with E-state index in [1.807, 2.05) is 20.8 Å². The Balaban J connectivity index is 1.27. The molecule has 0 saturated heterocycles. The average Bonchev–Trinajstić information content (AvgIpc) is 3.58. The first-order chi connectivity index (χ1) is 17.1.